The van der Waals surface area contributed by atoms with Crippen LogP contribution in [0.25, 0.3) is 0 Å². The fraction of sp³-hybridized carbons (Fsp3) is 0.731. The van der Waals surface area contributed by atoms with Crippen LogP contribution in [0, 0.1) is 5.92 Å². The number of piperidine rings is 2. The maximum Gasteiger partial charge on any atom is 0.194 e. The third-order valence-electron chi connectivity index (χ3n) is 6.61. The van der Waals surface area contributed by atoms with Gasteiger partial charge in [-0.3, -0.25) is 4.90 Å². The Bertz CT molecular complexity index is 687. The van der Waals surface area contributed by atoms with E-state index in [1.54, 1.807) is 7.11 Å². The summed E-state index contributed by atoms with van der Waals surface area (Å²) >= 11 is 0. The largest absolute Gasteiger partial charge is 0.385 e. The molecule has 33 heavy (non-hydrogen) atoms. The first-order valence-electron chi connectivity index (χ1n) is 12.6. The van der Waals surface area contributed by atoms with E-state index in [2.05, 4.69) is 53.2 Å². The van der Waals surface area contributed by atoms with Crippen LogP contribution in [0.4, 0.5) is 0 Å². The average Bonchev–Trinajstić information content (AvgIpc) is 2.82. The van der Waals surface area contributed by atoms with Crippen molar-refractivity contribution in [1.29, 1.82) is 0 Å². The van der Waals surface area contributed by atoms with Crippen molar-refractivity contribution in [3.05, 3.63) is 35.4 Å². The van der Waals surface area contributed by atoms with Crippen molar-refractivity contribution in [3.63, 3.8) is 0 Å². The zero-order chi connectivity index (χ0) is 22.6. The van der Waals surface area contributed by atoms with E-state index in [0.29, 0.717) is 6.10 Å². The van der Waals surface area contributed by atoms with Crippen LogP contribution in [-0.4, -0.2) is 74.9 Å². The third kappa shape index (κ3) is 10.1. The molecule has 0 spiro atoms. The van der Waals surface area contributed by atoms with Crippen LogP contribution in [0.5, 0.6) is 0 Å². The highest BCUT2D eigenvalue weighted by Gasteiger charge is 2.22. The van der Waals surface area contributed by atoms with Gasteiger partial charge in [0, 0.05) is 46.5 Å². The number of aliphatic imine (C=N–C) groups is 1. The fourth-order valence-corrected chi connectivity index (χ4v) is 4.58. The number of guanidine groups is 1. The molecular formula is C26H45IN4O2. The van der Waals surface area contributed by atoms with Crippen molar-refractivity contribution in [3.8, 4) is 0 Å². The van der Waals surface area contributed by atoms with Gasteiger partial charge in [0.25, 0.3) is 0 Å². The summed E-state index contributed by atoms with van der Waals surface area (Å²) in [5, 5.41) is 3.49. The number of methoxy groups -OCH3 is 1. The third-order valence-corrected chi connectivity index (χ3v) is 6.61. The summed E-state index contributed by atoms with van der Waals surface area (Å²) in [6.07, 6.45) is 6.09. The maximum absolute atomic E-state index is 6.01. The van der Waals surface area contributed by atoms with Crippen LogP contribution in [-0.2, 0) is 22.6 Å². The minimum atomic E-state index is 0. The van der Waals surface area contributed by atoms with Gasteiger partial charge in [0.2, 0.25) is 0 Å². The number of halogens is 1. The average molecular weight is 573 g/mol. The normalized spacial score (nSPS) is 18.9. The molecule has 0 bridgehead atoms. The van der Waals surface area contributed by atoms with E-state index in [1.165, 1.54) is 37.1 Å². The Hall–Kier alpha value is -0.900. The summed E-state index contributed by atoms with van der Waals surface area (Å²) in [6, 6.07) is 8.99. The lowest BCUT2D eigenvalue weighted by molar-refractivity contribution is 0.00990. The van der Waals surface area contributed by atoms with Crippen LogP contribution in [0.15, 0.2) is 29.3 Å². The van der Waals surface area contributed by atoms with E-state index in [9.17, 15) is 0 Å². The van der Waals surface area contributed by atoms with E-state index in [1.807, 2.05) is 0 Å². The molecule has 3 rings (SSSR count). The number of benzene rings is 1. The number of nitrogens with one attached hydrogen (secondary N) is 1. The first-order valence-corrected chi connectivity index (χ1v) is 12.6. The highest BCUT2D eigenvalue weighted by molar-refractivity contribution is 14.0. The molecule has 0 atom stereocenters. The lowest BCUT2D eigenvalue weighted by Gasteiger charge is -2.34. The van der Waals surface area contributed by atoms with Crippen LogP contribution in [0.3, 0.4) is 0 Å². The van der Waals surface area contributed by atoms with Crippen LogP contribution in [0.2, 0.25) is 0 Å². The topological polar surface area (TPSA) is 49.3 Å². The van der Waals surface area contributed by atoms with Crippen LogP contribution >= 0.6 is 24.0 Å². The van der Waals surface area contributed by atoms with Gasteiger partial charge in [0.15, 0.2) is 5.96 Å². The summed E-state index contributed by atoms with van der Waals surface area (Å²) in [6.45, 7) is 13.2. The Balaban J connectivity index is 0.00000385. The van der Waals surface area contributed by atoms with Gasteiger partial charge >= 0.3 is 0 Å². The van der Waals surface area contributed by atoms with Gasteiger partial charge < -0.3 is 19.7 Å². The summed E-state index contributed by atoms with van der Waals surface area (Å²) < 4.78 is 11.1. The molecule has 2 aliphatic heterocycles. The second-order valence-corrected chi connectivity index (χ2v) is 9.35. The van der Waals surface area contributed by atoms with Crippen molar-refractivity contribution in [1.82, 2.24) is 15.1 Å². The predicted octanol–water partition coefficient (Wildman–Crippen LogP) is 4.52. The molecule has 0 aromatic heterocycles. The summed E-state index contributed by atoms with van der Waals surface area (Å²) in [5.74, 6) is 1.91. The molecule has 2 saturated heterocycles. The SMILES string of the molecule is CCNC(=NCc1cccc(CN2CCC(C)CC2)c1)N1CCC(OCCCOC)CC1.I. The molecule has 2 aliphatic rings. The summed E-state index contributed by atoms with van der Waals surface area (Å²) in [7, 11) is 1.74. The first-order chi connectivity index (χ1) is 15.7. The van der Waals surface area contributed by atoms with Gasteiger partial charge in [-0.2, -0.15) is 0 Å². The van der Waals surface area contributed by atoms with E-state index < -0.39 is 0 Å². The minimum Gasteiger partial charge on any atom is -0.385 e. The van der Waals surface area contributed by atoms with E-state index in [0.717, 1.165) is 77.1 Å². The number of hydrogen-bond donors (Lipinski definition) is 1. The quantitative estimate of drug-likeness (QED) is 0.194. The first kappa shape index (κ1) is 28.3. The fourth-order valence-electron chi connectivity index (χ4n) is 4.58. The number of hydrogen-bond acceptors (Lipinski definition) is 4. The Morgan fingerprint density at radius 3 is 2.48 bits per heavy atom. The molecule has 0 unspecified atom stereocenters. The highest BCUT2D eigenvalue weighted by atomic mass is 127. The van der Waals surface area contributed by atoms with Crippen molar-refractivity contribution >= 4 is 29.9 Å². The number of nitrogens with zero attached hydrogens (tertiary/aromatic N) is 3. The van der Waals surface area contributed by atoms with Gasteiger partial charge in [-0.1, -0.05) is 31.2 Å². The molecule has 0 amide bonds. The molecule has 1 aromatic carbocycles. The molecule has 2 heterocycles. The summed E-state index contributed by atoms with van der Waals surface area (Å²) in [4.78, 5) is 9.95. The maximum atomic E-state index is 6.01. The van der Waals surface area contributed by atoms with Crippen LogP contribution < -0.4 is 5.32 Å². The van der Waals surface area contributed by atoms with Crippen molar-refractivity contribution in [2.75, 3.05) is 53.0 Å². The van der Waals surface area contributed by atoms with E-state index >= 15 is 0 Å². The Morgan fingerprint density at radius 2 is 1.79 bits per heavy atom. The molecule has 1 aromatic rings. The molecular weight excluding hydrogens is 527 g/mol. The summed E-state index contributed by atoms with van der Waals surface area (Å²) in [5.41, 5.74) is 2.70. The number of likely N-dealkylation sites (tertiary alicyclic amines) is 2. The standard InChI is InChI=1S/C26H44N4O2.HI/c1-4-27-26(30-15-11-25(12-16-30)32-18-6-17-31-3)28-20-23-7-5-8-24(19-23)21-29-13-9-22(2)10-14-29;/h5,7-8,19,22,25H,4,6,9-18,20-21H2,1-3H3,(H,27,28);1H. The lowest BCUT2D eigenvalue weighted by Crippen LogP contribution is -2.47. The molecule has 0 aliphatic carbocycles. The van der Waals surface area contributed by atoms with E-state index in [4.69, 9.17) is 14.5 Å². The molecule has 188 valence electrons. The highest BCUT2D eigenvalue weighted by Crippen LogP contribution is 2.19. The van der Waals surface area contributed by atoms with Gasteiger partial charge in [0.05, 0.1) is 12.6 Å². The second-order valence-electron chi connectivity index (χ2n) is 9.35. The molecule has 0 saturated carbocycles. The van der Waals surface area contributed by atoms with Gasteiger partial charge in [-0.05, 0) is 69.2 Å². The lowest BCUT2D eigenvalue weighted by atomic mass is 9.98. The molecule has 7 heteroatoms. The predicted molar refractivity (Wildman–Crippen MR) is 147 cm³/mol. The number of ether oxygens (including phenoxy) is 2. The molecule has 1 N–H and O–H groups in total. The Morgan fingerprint density at radius 1 is 1.06 bits per heavy atom. The Kier molecular flexibility index (Phi) is 13.7. The monoisotopic (exact) mass is 572 g/mol. The van der Waals surface area contributed by atoms with Crippen LogP contribution in [0.1, 0.15) is 57.1 Å². The Labute approximate surface area is 218 Å². The zero-order valence-corrected chi connectivity index (χ0v) is 23.3. The van der Waals surface area contributed by atoms with Gasteiger partial charge in [-0.15, -0.1) is 24.0 Å². The van der Waals surface area contributed by atoms with Crippen molar-refractivity contribution < 1.29 is 9.47 Å². The molecule has 0 radical (unpaired) electrons. The number of rotatable bonds is 10. The zero-order valence-electron chi connectivity index (χ0n) is 20.9. The minimum absolute atomic E-state index is 0. The van der Waals surface area contributed by atoms with Crippen molar-refractivity contribution in [2.24, 2.45) is 10.9 Å². The van der Waals surface area contributed by atoms with Gasteiger partial charge in [0.1, 0.15) is 0 Å². The molecule has 2 fully saturated rings. The van der Waals surface area contributed by atoms with Crippen molar-refractivity contribution in [2.45, 2.75) is 65.1 Å². The smallest absolute Gasteiger partial charge is 0.194 e. The van der Waals surface area contributed by atoms with Gasteiger partial charge in [-0.25, -0.2) is 4.99 Å². The second kappa shape index (κ2) is 15.9. The van der Waals surface area contributed by atoms with E-state index in [-0.39, 0.29) is 24.0 Å². The molecule has 6 nitrogen and oxygen atoms in total.